The second-order valence-corrected chi connectivity index (χ2v) is 7.99. The summed E-state index contributed by atoms with van der Waals surface area (Å²) in [5.41, 5.74) is 0. The summed E-state index contributed by atoms with van der Waals surface area (Å²) in [6, 6.07) is 0.656. The third-order valence-corrected chi connectivity index (χ3v) is 5.79. The molecule has 0 radical (unpaired) electrons. The molecule has 0 aromatic carbocycles. The molecule has 5 nitrogen and oxygen atoms in total. The van der Waals surface area contributed by atoms with E-state index in [1.165, 1.54) is 38.8 Å². The Kier molecular flexibility index (Phi) is 9.21. The number of likely N-dealkylation sites (tertiary alicyclic amines) is 1. The molecule has 0 spiro atoms. The molecule has 5 heteroatoms. The van der Waals surface area contributed by atoms with Crippen LogP contribution in [0.25, 0.3) is 0 Å². The first-order valence-electron chi connectivity index (χ1n) is 10.4. The van der Waals surface area contributed by atoms with Crippen molar-refractivity contribution in [3.63, 3.8) is 0 Å². The van der Waals surface area contributed by atoms with Crippen LogP contribution in [0.1, 0.15) is 52.9 Å². The molecule has 1 amide bonds. The maximum Gasteiger partial charge on any atom is 0.248 e. The summed E-state index contributed by atoms with van der Waals surface area (Å²) < 4.78 is 5.65. The largest absolute Gasteiger partial charge is 0.372 e. The molecular formula is C20H39N3O2. The lowest BCUT2D eigenvalue weighted by atomic mass is 9.92. The summed E-state index contributed by atoms with van der Waals surface area (Å²) in [5, 5.41) is 0. The van der Waals surface area contributed by atoms with Gasteiger partial charge in [0.1, 0.15) is 6.61 Å². The molecule has 0 atom stereocenters. The third-order valence-electron chi connectivity index (χ3n) is 5.79. The van der Waals surface area contributed by atoms with Gasteiger partial charge in [0.25, 0.3) is 0 Å². The number of rotatable bonds is 9. The second-order valence-electron chi connectivity index (χ2n) is 7.99. The van der Waals surface area contributed by atoms with Gasteiger partial charge in [-0.3, -0.25) is 9.69 Å². The fourth-order valence-corrected chi connectivity index (χ4v) is 4.02. The molecule has 0 bridgehead atoms. The highest BCUT2D eigenvalue weighted by atomic mass is 16.5. The predicted octanol–water partition coefficient (Wildman–Crippen LogP) is 2.46. The molecule has 25 heavy (non-hydrogen) atoms. The quantitative estimate of drug-likeness (QED) is 0.597. The Labute approximate surface area is 154 Å². The standard InChI is InChI=1S/C20H39N3O2/c1-4-6-19-7-10-23(11-8-19)20(24)17-25-16-5-9-21-12-14-22(15-13-21)18(2)3/h18-19H,4-17H2,1-3H3. The van der Waals surface area contributed by atoms with Gasteiger partial charge in [0.05, 0.1) is 0 Å². The molecule has 0 aromatic heterocycles. The van der Waals surface area contributed by atoms with E-state index < -0.39 is 0 Å². The van der Waals surface area contributed by atoms with Gasteiger partial charge in [-0.1, -0.05) is 19.8 Å². The lowest BCUT2D eigenvalue weighted by Crippen LogP contribution is -2.49. The van der Waals surface area contributed by atoms with Crippen LogP contribution in [-0.2, 0) is 9.53 Å². The Bertz CT molecular complexity index is 373. The van der Waals surface area contributed by atoms with Gasteiger partial charge < -0.3 is 14.5 Å². The third kappa shape index (κ3) is 7.24. The van der Waals surface area contributed by atoms with Gasteiger partial charge in [-0.05, 0) is 39.0 Å². The minimum Gasteiger partial charge on any atom is -0.372 e. The smallest absolute Gasteiger partial charge is 0.248 e. The molecule has 0 unspecified atom stereocenters. The number of amides is 1. The Morgan fingerprint density at radius 3 is 2.36 bits per heavy atom. The van der Waals surface area contributed by atoms with Gasteiger partial charge in [-0.25, -0.2) is 0 Å². The van der Waals surface area contributed by atoms with Gasteiger partial charge in [-0.2, -0.15) is 0 Å². The van der Waals surface area contributed by atoms with E-state index in [9.17, 15) is 4.79 Å². The van der Waals surface area contributed by atoms with E-state index >= 15 is 0 Å². The maximum absolute atomic E-state index is 12.2. The van der Waals surface area contributed by atoms with Crippen molar-refractivity contribution in [1.82, 2.24) is 14.7 Å². The minimum atomic E-state index is 0.181. The topological polar surface area (TPSA) is 36.0 Å². The second kappa shape index (κ2) is 11.1. The van der Waals surface area contributed by atoms with E-state index in [1.807, 2.05) is 4.90 Å². The molecule has 2 fully saturated rings. The van der Waals surface area contributed by atoms with Crippen LogP contribution in [0.2, 0.25) is 0 Å². The average Bonchev–Trinajstić information content (AvgIpc) is 2.62. The van der Waals surface area contributed by atoms with Gasteiger partial charge in [0.2, 0.25) is 5.91 Å². The molecule has 0 saturated carbocycles. The van der Waals surface area contributed by atoms with E-state index in [0.717, 1.165) is 45.1 Å². The van der Waals surface area contributed by atoms with Crippen molar-refractivity contribution in [3.8, 4) is 0 Å². The van der Waals surface area contributed by atoms with E-state index in [-0.39, 0.29) is 12.5 Å². The van der Waals surface area contributed by atoms with Crippen molar-refractivity contribution in [2.24, 2.45) is 5.92 Å². The zero-order chi connectivity index (χ0) is 18.1. The van der Waals surface area contributed by atoms with Crippen LogP contribution in [0.4, 0.5) is 0 Å². The SMILES string of the molecule is CCCC1CCN(C(=O)COCCCN2CCN(C(C)C)CC2)CC1. The Morgan fingerprint density at radius 2 is 1.76 bits per heavy atom. The van der Waals surface area contributed by atoms with Crippen molar-refractivity contribution in [2.45, 2.75) is 58.9 Å². The lowest BCUT2D eigenvalue weighted by molar-refractivity contribution is -0.137. The van der Waals surface area contributed by atoms with Crippen molar-refractivity contribution >= 4 is 5.91 Å². The zero-order valence-corrected chi connectivity index (χ0v) is 16.7. The summed E-state index contributed by atoms with van der Waals surface area (Å²) in [7, 11) is 0. The minimum absolute atomic E-state index is 0.181. The molecule has 2 aliphatic heterocycles. The predicted molar refractivity (Wildman–Crippen MR) is 103 cm³/mol. The molecule has 2 saturated heterocycles. The first-order chi connectivity index (χ1) is 12.1. The number of carbonyl (C=O) groups is 1. The molecule has 2 heterocycles. The number of nitrogens with zero attached hydrogens (tertiary/aromatic N) is 3. The van der Waals surface area contributed by atoms with Crippen LogP contribution in [0, 0.1) is 5.92 Å². The molecule has 2 aliphatic rings. The molecule has 2 rings (SSSR count). The highest BCUT2D eigenvalue weighted by molar-refractivity contribution is 5.77. The number of piperazine rings is 1. The molecule has 0 N–H and O–H groups in total. The van der Waals surface area contributed by atoms with Crippen LogP contribution in [0.15, 0.2) is 0 Å². The lowest BCUT2D eigenvalue weighted by Gasteiger charge is -2.36. The fraction of sp³-hybridized carbons (Fsp3) is 0.950. The summed E-state index contributed by atoms with van der Waals surface area (Å²) >= 11 is 0. The summed E-state index contributed by atoms with van der Waals surface area (Å²) in [6.07, 6.45) is 5.93. The summed E-state index contributed by atoms with van der Waals surface area (Å²) in [6.45, 7) is 15.3. The first kappa shape index (κ1) is 20.7. The number of piperidine rings is 1. The molecule has 146 valence electrons. The van der Waals surface area contributed by atoms with Crippen molar-refractivity contribution < 1.29 is 9.53 Å². The van der Waals surface area contributed by atoms with Crippen LogP contribution < -0.4 is 0 Å². The molecular weight excluding hydrogens is 314 g/mol. The van der Waals surface area contributed by atoms with Crippen LogP contribution in [0.5, 0.6) is 0 Å². The summed E-state index contributed by atoms with van der Waals surface area (Å²) in [4.78, 5) is 19.3. The Hall–Kier alpha value is -0.650. The van der Waals surface area contributed by atoms with E-state index in [0.29, 0.717) is 12.6 Å². The van der Waals surface area contributed by atoms with Crippen LogP contribution in [0.3, 0.4) is 0 Å². The number of ether oxygens (including phenoxy) is 1. The Balaban J connectivity index is 1.49. The van der Waals surface area contributed by atoms with Crippen molar-refractivity contribution in [2.75, 3.05) is 59.0 Å². The van der Waals surface area contributed by atoms with Gasteiger partial charge in [0.15, 0.2) is 0 Å². The number of carbonyl (C=O) groups excluding carboxylic acids is 1. The normalized spacial score (nSPS) is 21.2. The van der Waals surface area contributed by atoms with Gasteiger partial charge >= 0.3 is 0 Å². The van der Waals surface area contributed by atoms with Gasteiger partial charge in [-0.15, -0.1) is 0 Å². The highest BCUT2D eigenvalue weighted by Gasteiger charge is 2.22. The monoisotopic (exact) mass is 353 g/mol. The number of hydrogen-bond acceptors (Lipinski definition) is 4. The van der Waals surface area contributed by atoms with Gasteiger partial charge in [0, 0.05) is 58.5 Å². The molecule has 0 aliphatic carbocycles. The average molecular weight is 354 g/mol. The Morgan fingerprint density at radius 1 is 1.08 bits per heavy atom. The maximum atomic E-state index is 12.2. The summed E-state index contributed by atoms with van der Waals surface area (Å²) in [5.74, 6) is 1.01. The fourth-order valence-electron chi connectivity index (χ4n) is 4.02. The highest BCUT2D eigenvalue weighted by Crippen LogP contribution is 2.21. The van der Waals surface area contributed by atoms with Crippen molar-refractivity contribution in [1.29, 1.82) is 0 Å². The van der Waals surface area contributed by atoms with E-state index in [4.69, 9.17) is 4.74 Å². The van der Waals surface area contributed by atoms with E-state index in [2.05, 4.69) is 30.6 Å². The first-order valence-corrected chi connectivity index (χ1v) is 10.4. The van der Waals surface area contributed by atoms with Crippen LogP contribution >= 0.6 is 0 Å². The zero-order valence-electron chi connectivity index (χ0n) is 16.7. The van der Waals surface area contributed by atoms with Crippen LogP contribution in [-0.4, -0.2) is 85.7 Å². The van der Waals surface area contributed by atoms with E-state index in [1.54, 1.807) is 0 Å². The number of hydrogen-bond donors (Lipinski definition) is 0. The molecule has 0 aromatic rings. The van der Waals surface area contributed by atoms with Crippen molar-refractivity contribution in [3.05, 3.63) is 0 Å².